The van der Waals surface area contributed by atoms with Crippen molar-refractivity contribution in [2.45, 2.75) is 0 Å². The lowest BCUT2D eigenvalue weighted by atomic mass is 10.3. The van der Waals surface area contributed by atoms with Crippen molar-refractivity contribution in [3.63, 3.8) is 0 Å². The molecule has 0 aliphatic heterocycles. The topological polar surface area (TPSA) is 143 Å². The van der Waals surface area contributed by atoms with Crippen molar-refractivity contribution >= 4 is 17.5 Å². The summed E-state index contributed by atoms with van der Waals surface area (Å²) in [6.45, 7) is 0. The Morgan fingerprint density at radius 2 is 1.94 bits per heavy atom. The van der Waals surface area contributed by atoms with Gasteiger partial charge in [-0.25, -0.2) is 4.68 Å². The summed E-state index contributed by atoms with van der Waals surface area (Å²) in [5.41, 5.74) is 16.5. The Morgan fingerprint density at radius 1 is 1.22 bits per heavy atom. The molecular formula is C10H10N6O2. The maximum absolute atomic E-state index is 11.0. The number of hydrogen-bond acceptors (Lipinski definition) is 5. The van der Waals surface area contributed by atoms with E-state index in [1.54, 1.807) is 6.07 Å². The van der Waals surface area contributed by atoms with E-state index in [4.69, 9.17) is 17.2 Å². The Balaban J connectivity index is 2.49. The lowest BCUT2D eigenvalue weighted by Crippen LogP contribution is -2.15. The average Bonchev–Trinajstić information content (AvgIpc) is 2.71. The maximum Gasteiger partial charge on any atom is 0.271 e. The van der Waals surface area contributed by atoms with E-state index < -0.39 is 11.8 Å². The van der Waals surface area contributed by atoms with E-state index in [1.807, 2.05) is 0 Å². The zero-order valence-corrected chi connectivity index (χ0v) is 9.20. The van der Waals surface area contributed by atoms with Crippen molar-refractivity contribution < 1.29 is 9.59 Å². The number of hydrogen-bond donors (Lipinski definition) is 3. The highest BCUT2D eigenvalue weighted by molar-refractivity contribution is 5.95. The summed E-state index contributed by atoms with van der Waals surface area (Å²) in [4.78, 5) is 25.8. The number of rotatable bonds is 3. The van der Waals surface area contributed by atoms with Crippen molar-refractivity contribution in [1.29, 1.82) is 0 Å². The molecule has 92 valence electrons. The highest BCUT2D eigenvalue weighted by Crippen LogP contribution is 2.14. The average molecular weight is 246 g/mol. The molecular weight excluding hydrogens is 236 g/mol. The number of pyridine rings is 1. The third-order valence-electron chi connectivity index (χ3n) is 2.24. The minimum atomic E-state index is -0.726. The second-order valence-corrected chi connectivity index (χ2v) is 3.51. The number of nitrogen functional groups attached to an aromatic ring is 1. The van der Waals surface area contributed by atoms with Gasteiger partial charge in [0.15, 0.2) is 5.69 Å². The van der Waals surface area contributed by atoms with Crippen LogP contribution in [-0.4, -0.2) is 26.6 Å². The van der Waals surface area contributed by atoms with E-state index in [-0.39, 0.29) is 17.1 Å². The number of carbonyl (C=O) groups excluding carboxylic acids is 2. The lowest BCUT2D eigenvalue weighted by molar-refractivity contribution is 0.0987. The van der Waals surface area contributed by atoms with Crippen LogP contribution in [0.15, 0.2) is 24.5 Å². The van der Waals surface area contributed by atoms with Crippen LogP contribution in [0.25, 0.3) is 5.69 Å². The molecule has 0 saturated carbocycles. The highest BCUT2D eigenvalue weighted by atomic mass is 16.1. The third-order valence-corrected chi connectivity index (χ3v) is 2.24. The summed E-state index contributed by atoms with van der Waals surface area (Å²) in [5.74, 6) is -1.39. The van der Waals surface area contributed by atoms with Crippen LogP contribution in [0.1, 0.15) is 21.0 Å². The molecule has 0 aliphatic rings. The van der Waals surface area contributed by atoms with Gasteiger partial charge in [0, 0.05) is 6.20 Å². The summed E-state index contributed by atoms with van der Waals surface area (Å²) >= 11 is 0. The molecule has 2 amide bonds. The molecule has 8 heteroatoms. The highest BCUT2D eigenvalue weighted by Gasteiger charge is 2.13. The molecule has 0 spiro atoms. The lowest BCUT2D eigenvalue weighted by Gasteiger charge is -2.01. The maximum atomic E-state index is 11.0. The van der Waals surface area contributed by atoms with Gasteiger partial charge in [-0.2, -0.15) is 5.10 Å². The molecule has 6 N–H and O–H groups in total. The van der Waals surface area contributed by atoms with E-state index >= 15 is 0 Å². The summed E-state index contributed by atoms with van der Waals surface area (Å²) < 4.78 is 1.32. The van der Waals surface area contributed by atoms with Crippen LogP contribution in [0.3, 0.4) is 0 Å². The number of nitrogens with zero attached hydrogens (tertiary/aromatic N) is 3. The van der Waals surface area contributed by atoms with Gasteiger partial charge in [0.05, 0.1) is 17.6 Å². The van der Waals surface area contributed by atoms with Gasteiger partial charge in [0.1, 0.15) is 5.69 Å². The van der Waals surface area contributed by atoms with Crippen LogP contribution in [0.2, 0.25) is 0 Å². The van der Waals surface area contributed by atoms with E-state index in [9.17, 15) is 9.59 Å². The molecule has 2 rings (SSSR count). The fourth-order valence-electron chi connectivity index (χ4n) is 1.41. The molecule has 0 fully saturated rings. The first-order valence-corrected chi connectivity index (χ1v) is 4.90. The number of aromatic nitrogens is 3. The normalized spacial score (nSPS) is 10.2. The van der Waals surface area contributed by atoms with Gasteiger partial charge in [-0.05, 0) is 12.1 Å². The molecule has 0 unspecified atom stereocenters. The smallest absolute Gasteiger partial charge is 0.271 e. The Bertz CT molecular complexity index is 633. The summed E-state index contributed by atoms with van der Waals surface area (Å²) in [5, 5.41) is 3.92. The number of anilines is 1. The Labute approximate surface area is 101 Å². The van der Waals surface area contributed by atoms with Crippen molar-refractivity contribution in [2.75, 3.05) is 5.73 Å². The van der Waals surface area contributed by atoms with Crippen molar-refractivity contribution in [3.05, 3.63) is 35.9 Å². The van der Waals surface area contributed by atoms with Gasteiger partial charge in [-0.1, -0.05) is 0 Å². The van der Waals surface area contributed by atoms with Crippen LogP contribution in [0.5, 0.6) is 0 Å². The molecule has 0 aromatic carbocycles. The zero-order chi connectivity index (χ0) is 13.3. The molecule has 0 radical (unpaired) electrons. The van der Waals surface area contributed by atoms with Gasteiger partial charge in [-0.15, -0.1) is 0 Å². The molecule has 2 aromatic rings. The van der Waals surface area contributed by atoms with Gasteiger partial charge in [0.2, 0.25) is 0 Å². The van der Waals surface area contributed by atoms with Gasteiger partial charge < -0.3 is 17.2 Å². The molecule has 0 bridgehead atoms. The largest absolute Gasteiger partial charge is 0.396 e. The summed E-state index contributed by atoms with van der Waals surface area (Å²) in [6.07, 6.45) is 2.82. The minimum absolute atomic E-state index is 0.0348. The molecule has 2 heterocycles. The summed E-state index contributed by atoms with van der Waals surface area (Å²) in [7, 11) is 0. The van der Waals surface area contributed by atoms with Crippen LogP contribution < -0.4 is 17.2 Å². The number of nitrogens with two attached hydrogens (primary N) is 3. The van der Waals surface area contributed by atoms with Crippen LogP contribution in [0, 0.1) is 0 Å². The molecule has 2 aromatic heterocycles. The monoisotopic (exact) mass is 246 g/mol. The Morgan fingerprint density at radius 3 is 2.50 bits per heavy atom. The number of carbonyl (C=O) groups is 2. The van der Waals surface area contributed by atoms with E-state index in [1.165, 1.54) is 23.1 Å². The molecule has 0 aliphatic carbocycles. The van der Waals surface area contributed by atoms with Crippen molar-refractivity contribution in [2.24, 2.45) is 11.5 Å². The number of primary amides is 2. The van der Waals surface area contributed by atoms with Gasteiger partial charge in [-0.3, -0.25) is 14.6 Å². The van der Waals surface area contributed by atoms with Crippen molar-refractivity contribution in [3.8, 4) is 5.69 Å². The molecule has 0 atom stereocenters. The van der Waals surface area contributed by atoms with Crippen LogP contribution in [-0.2, 0) is 0 Å². The summed E-state index contributed by atoms with van der Waals surface area (Å²) in [6, 6.07) is 3.02. The van der Waals surface area contributed by atoms with Crippen LogP contribution in [0.4, 0.5) is 5.69 Å². The van der Waals surface area contributed by atoms with E-state index in [2.05, 4.69) is 10.1 Å². The first-order chi connectivity index (χ1) is 8.49. The fraction of sp³-hybridized carbons (Fsp3) is 0. The zero-order valence-electron chi connectivity index (χ0n) is 9.20. The molecule has 18 heavy (non-hydrogen) atoms. The van der Waals surface area contributed by atoms with Gasteiger partial charge >= 0.3 is 0 Å². The predicted octanol–water partition coefficient (Wildman–Crippen LogP) is -0.953. The second-order valence-electron chi connectivity index (χ2n) is 3.51. The van der Waals surface area contributed by atoms with E-state index in [0.717, 1.165) is 0 Å². The number of amides is 2. The standard InChI is InChI=1S/C10H10N6O2/c11-6-4-16(15-8(6)10(13)18)5-1-2-14-7(3-5)9(12)17/h1-4H,11H2,(H2,12,17)(H2,13,18). The fourth-order valence-corrected chi connectivity index (χ4v) is 1.41. The Kier molecular flexibility index (Phi) is 2.68. The minimum Gasteiger partial charge on any atom is -0.396 e. The first-order valence-electron chi connectivity index (χ1n) is 4.90. The third kappa shape index (κ3) is 1.98. The quantitative estimate of drug-likeness (QED) is 0.639. The predicted molar refractivity (Wildman–Crippen MR) is 62.8 cm³/mol. The Hall–Kier alpha value is -2.90. The van der Waals surface area contributed by atoms with E-state index in [0.29, 0.717) is 5.69 Å². The van der Waals surface area contributed by atoms with Crippen molar-refractivity contribution in [1.82, 2.24) is 14.8 Å². The SMILES string of the molecule is NC(=O)c1cc(-n2cc(N)c(C(N)=O)n2)ccn1. The second kappa shape index (κ2) is 4.17. The molecule has 8 nitrogen and oxygen atoms in total. The first kappa shape index (κ1) is 11.6. The van der Waals surface area contributed by atoms with Crippen LogP contribution >= 0.6 is 0 Å². The van der Waals surface area contributed by atoms with Gasteiger partial charge in [0.25, 0.3) is 11.8 Å². The molecule has 0 saturated heterocycles.